The Labute approximate surface area is 178 Å². The van der Waals surface area contributed by atoms with Crippen molar-refractivity contribution in [2.45, 2.75) is 9.79 Å². The van der Waals surface area contributed by atoms with E-state index in [0.717, 1.165) is 18.2 Å². The first-order chi connectivity index (χ1) is 14.6. The van der Waals surface area contributed by atoms with E-state index in [1.165, 1.54) is 49.6 Å². The Morgan fingerprint density at radius 2 is 1.32 bits per heavy atom. The molecule has 3 aromatic rings. The lowest BCUT2D eigenvalue weighted by Gasteiger charge is -2.11. The van der Waals surface area contributed by atoms with Gasteiger partial charge in [-0.2, -0.15) is 0 Å². The number of benzene rings is 3. The molecule has 0 fully saturated rings. The van der Waals surface area contributed by atoms with Crippen molar-refractivity contribution in [3.63, 3.8) is 0 Å². The van der Waals surface area contributed by atoms with Gasteiger partial charge in [0.05, 0.1) is 27.5 Å². The molecular formula is C19H17N3O7S2. The highest BCUT2D eigenvalue weighted by atomic mass is 32.2. The topological polar surface area (TPSA) is 145 Å². The third-order valence-electron chi connectivity index (χ3n) is 4.08. The largest absolute Gasteiger partial charge is 0.497 e. The van der Waals surface area contributed by atoms with Gasteiger partial charge in [-0.25, -0.2) is 16.8 Å². The second kappa shape index (κ2) is 8.62. The fourth-order valence-electron chi connectivity index (χ4n) is 2.58. The van der Waals surface area contributed by atoms with Crippen LogP contribution >= 0.6 is 0 Å². The van der Waals surface area contributed by atoms with E-state index < -0.39 is 25.0 Å². The number of nitrogens with one attached hydrogen (secondary N) is 2. The maximum absolute atomic E-state index is 12.7. The number of hydrogen-bond donors (Lipinski definition) is 2. The number of hydrogen-bond acceptors (Lipinski definition) is 7. The quantitative estimate of drug-likeness (QED) is 0.385. The van der Waals surface area contributed by atoms with Gasteiger partial charge in [0.25, 0.3) is 25.7 Å². The van der Waals surface area contributed by atoms with Gasteiger partial charge in [-0.1, -0.05) is 12.1 Å². The fraction of sp³-hybridized carbons (Fsp3) is 0.0526. The number of sulfonamides is 2. The van der Waals surface area contributed by atoms with Crippen LogP contribution in [0.5, 0.6) is 5.75 Å². The Balaban J connectivity index is 1.85. The highest BCUT2D eigenvalue weighted by Gasteiger charge is 2.20. The van der Waals surface area contributed by atoms with Crippen molar-refractivity contribution in [3.8, 4) is 5.75 Å². The summed E-state index contributed by atoms with van der Waals surface area (Å²) in [6.45, 7) is 0. The maximum atomic E-state index is 12.7. The molecule has 3 aromatic carbocycles. The summed E-state index contributed by atoms with van der Waals surface area (Å²) in [7, 11) is -6.70. The standard InChI is InChI=1S/C19H17N3O7S2/c1-29-17-10-8-14(9-11-17)20-30(25,26)18-6-2-4-15(12-18)21-31(27,28)19-7-3-5-16(13-19)22(23)24/h2-13,20-21H,1H3. The average Bonchev–Trinajstić information content (AvgIpc) is 2.74. The molecule has 0 aromatic heterocycles. The van der Waals surface area contributed by atoms with Gasteiger partial charge in [0.1, 0.15) is 5.75 Å². The van der Waals surface area contributed by atoms with E-state index in [2.05, 4.69) is 9.44 Å². The minimum Gasteiger partial charge on any atom is -0.497 e. The lowest BCUT2D eigenvalue weighted by molar-refractivity contribution is -0.385. The van der Waals surface area contributed by atoms with Gasteiger partial charge < -0.3 is 4.74 Å². The predicted molar refractivity (Wildman–Crippen MR) is 114 cm³/mol. The summed E-state index contributed by atoms with van der Waals surface area (Å²) in [5, 5.41) is 10.9. The van der Waals surface area contributed by atoms with Crippen LogP contribution in [0, 0.1) is 10.1 Å². The molecule has 162 valence electrons. The van der Waals surface area contributed by atoms with E-state index in [1.807, 2.05) is 0 Å². The molecule has 0 atom stereocenters. The van der Waals surface area contributed by atoms with Gasteiger partial charge in [0, 0.05) is 17.8 Å². The van der Waals surface area contributed by atoms with E-state index in [0.29, 0.717) is 11.4 Å². The molecule has 3 rings (SSSR count). The SMILES string of the molecule is COc1ccc(NS(=O)(=O)c2cccc(NS(=O)(=O)c3cccc([N+](=O)[O-])c3)c2)cc1. The molecular weight excluding hydrogens is 446 g/mol. The van der Waals surface area contributed by atoms with E-state index in [4.69, 9.17) is 4.74 Å². The number of anilines is 2. The highest BCUT2D eigenvalue weighted by Crippen LogP contribution is 2.24. The number of non-ortho nitro benzene ring substituents is 1. The zero-order valence-corrected chi connectivity index (χ0v) is 17.7. The second-order valence-corrected chi connectivity index (χ2v) is 9.59. The number of methoxy groups -OCH3 is 1. The Kier molecular flexibility index (Phi) is 6.13. The van der Waals surface area contributed by atoms with E-state index in [9.17, 15) is 26.9 Å². The van der Waals surface area contributed by atoms with Crippen LogP contribution in [0.2, 0.25) is 0 Å². The van der Waals surface area contributed by atoms with Crippen molar-refractivity contribution in [1.82, 2.24) is 0 Å². The summed E-state index contributed by atoms with van der Waals surface area (Å²) in [5.74, 6) is 0.556. The number of nitro benzene ring substituents is 1. The molecule has 0 radical (unpaired) electrons. The molecule has 0 aliphatic carbocycles. The van der Waals surface area contributed by atoms with Crippen molar-refractivity contribution in [1.29, 1.82) is 0 Å². The predicted octanol–water partition coefficient (Wildman–Crippen LogP) is 3.21. The summed E-state index contributed by atoms with van der Waals surface area (Å²) >= 11 is 0. The Morgan fingerprint density at radius 1 is 0.774 bits per heavy atom. The van der Waals surface area contributed by atoms with E-state index in [-0.39, 0.29) is 21.2 Å². The lowest BCUT2D eigenvalue weighted by atomic mass is 10.3. The summed E-state index contributed by atoms with van der Waals surface area (Å²) in [5.41, 5.74) is -0.115. The third kappa shape index (κ3) is 5.29. The average molecular weight is 463 g/mol. The molecule has 31 heavy (non-hydrogen) atoms. The summed E-state index contributed by atoms with van der Waals surface area (Å²) < 4.78 is 60.1. The van der Waals surface area contributed by atoms with Crippen molar-refractivity contribution < 1.29 is 26.5 Å². The number of ether oxygens (including phenoxy) is 1. The minimum absolute atomic E-state index is 0.0240. The summed E-state index contributed by atoms with van der Waals surface area (Å²) in [6, 6.07) is 15.9. The summed E-state index contributed by atoms with van der Waals surface area (Å²) in [4.78, 5) is 9.67. The molecule has 0 aliphatic rings. The molecule has 0 spiro atoms. The summed E-state index contributed by atoms with van der Waals surface area (Å²) in [6.07, 6.45) is 0. The van der Waals surface area contributed by atoms with Gasteiger partial charge in [0.2, 0.25) is 0 Å². The molecule has 0 amide bonds. The molecule has 2 N–H and O–H groups in total. The molecule has 0 saturated carbocycles. The van der Waals surface area contributed by atoms with E-state index >= 15 is 0 Å². The Hall–Kier alpha value is -3.64. The first kappa shape index (κ1) is 22.1. The van der Waals surface area contributed by atoms with Gasteiger partial charge in [-0.15, -0.1) is 0 Å². The van der Waals surface area contributed by atoms with Crippen LogP contribution in [-0.4, -0.2) is 28.9 Å². The van der Waals surface area contributed by atoms with Gasteiger partial charge in [-0.05, 0) is 48.5 Å². The Morgan fingerprint density at radius 3 is 1.90 bits per heavy atom. The smallest absolute Gasteiger partial charge is 0.270 e. The molecule has 10 nitrogen and oxygen atoms in total. The van der Waals surface area contributed by atoms with Gasteiger partial charge >= 0.3 is 0 Å². The van der Waals surface area contributed by atoms with Crippen molar-refractivity contribution in [3.05, 3.63) is 82.9 Å². The van der Waals surface area contributed by atoms with Crippen LogP contribution in [-0.2, 0) is 20.0 Å². The fourth-order valence-corrected chi connectivity index (χ4v) is 4.77. The molecule has 0 saturated heterocycles. The van der Waals surface area contributed by atoms with E-state index in [1.54, 1.807) is 12.1 Å². The number of nitro groups is 1. The van der Waals surface area contributed by atoms with Crippen molar-refractivity contribution >= 4 is 37.1 Å². The van der Waals surface area contributed by atoms with Crippen LogP contribution in [0.25, 0.3) is 0 Å². The van der Waals surface area contributed by atoms with Crippen LogP contribution < -0.4 is 14.2 Å². The third-order valence-corrected chi connectivity index (χ3v) is 6.84. The molecule has 0 bridgehead atoms. The molecule has 0 heterocycles. The van der Waals surface area contributed by atoms with Crippen LogP contribution in [0.4, 0.5) is 17.1 Å². The van der Waals surface area contributed by atoms with Crippen LogP contribution in [0.3, 0.4) is 0 Å². The monoisotopic (exact) mass is 463 g/mol. The molecule has 0 aliphatic heterocycles. The molecule has 12 heteroatoms. The lowest BCUT2D eigenvalue weighted by Crippen LogP contribution is -2.15. The highest BCUT2D eigenvalue weighted by molar-refractivity contribution is 7.93. The second-order valence-electron chi connectivity index (χ2n) is 6.22. The normalized spacial score (nSPS) is 11.5. The van der Waals surface area contributed by atoms with Crippen molar-refractivity contribution in [2.24, 2.45) is 0 Å². The van der Waals surface area contributed by atoms with Crippen molar-refractivity contribution in [2.75, 3.05) is 16.6 Å². The van der Waals surface area contributed by atoms with Gasteiger partial charge in [-0.3, -0.25) is 19.6 Å². The first-order valence-corrected chi connectivity index (χ1v) is 11.6. The van der Waals surface area contributed by atoms with Gasteiger partial charge in [0.15, 0.2) is 0 Å². The number of nitrogens with zero attached hydrogens (tertiary/aromatic N) is 1. The first-order valence-electron chi connectivity index (χ1n) is 8.65. The Bertz CT molecular complexity index is 1320. The zero-order valence-electron chi connectivity index (χ0n) is 16.0. The zero-order chi connectivity index (χ0) is 22.6. The van der Waals surface area contributed by atoms with Crippen LogP contribution in [0.15, 0.2) is 82.6 Å². The van der Waals surface area contributed by atoms with Crippen LogP contribution in [0.1, 0.15) is 0 Å². The molecule has 0 unspecified atom stereocenters. The minimum atomic E-state index is -4.18. The maximum Gasteiger partial charge on any atom is 0.270 e. The number of rotatable bonds is 8.